The van der Waals surface area contributed by atoms with Crippen molar-refractivity contribution >= 4 is 15.4 Å². The normalized spacial score (nSPS) is 11.2. The van der Waals surface area contributed by atoms with E-state index < -0.39 is 15.4 Å². The Labute approximate surface area is 133 Å². The van der Waals surface area contributed by atoms with Crippen molar-refractivity contribution in [3.8, 4) is 17.2 Å². The van der Waals surface area contributed by atoms with Crippen LogP contribution >= 0.6 is 0 Å². The molecule has 0 spiro atoms. The van der Waals surface area contributed by atoms with Gasteiger partial charge in [-0.25, -0.2) is 0 Å². The van der Waals surface area contributed by atoms with Gasteiger partial charge in [-0.3, -0.25) is 0 Å². The Morgan fingerprint density at radius 2 is 1.77 bits per heavy atom. The SMILES string of the molecule is COc1cc(OB(O)O)c(C)cc1OCOCC[Si](C)(C)C. The summed E-state index contributed by atoms with van der Waals surface area (Å²) in [7, 11) is -1.48. The molecule has 0 aliphatic heterocycles. The first-order chi connectivity index (χ1) is 10.2. The first-order valence-electron chi connectivity index (χ1n) is 7.15. The van der Waals surface area contributed by atoms with E-state index in [-0.39, 0.29) is 6.79 Å². The van der Waals surface area contributed by atoms with E-state index in [0.717, 1.165) is 6.04 Å². The van der Waals surface area contributed by atoms with Gasteiger partial charge in [-0.2, -0.15) is 0 Å². The fourth-order valence-corrected chi connectivity index (χ4v) is 2.45. The molecule has 0 amide bonds. The zero-order chi connectivity index (χ0) is 16.8. The summed E-state index contributed by atoms with van der Waals surface area (Å²) in [5.41, 5.74) is 0.700. The lowest BCUT2D eigenvalue weighted by molar-refractivity contribution is 0.0205. The van der Waals surface area contributed by atoms with Crippen LogP contribution in [0.15, 0.2) is 12.1 Å². The summed E-state index contributed by atoms with van der Waals surface area (Å²) >= 11 is 0. The summed E-state index contributed by atoms with van der Waals surface area (Å²) in [5, 5.41) is 17.7. The van der Waals surface area contributed by atoms with Crippen LogP contribution in [0.4, 0.5) is 0 Å². The van der Waals surface area contributed by atoms with Crippen molar-refractivity contribution in [2.45, 2.75) is 32.6 Å². The second kappa shape index (κ2) is 8.42. The van der Waals surface area contributed by atoms with Crippen LogP contribution in [0.2, 0.25) is 25.7 Å². The Kier molecular flexibility index (Phi) is 7.21. The Balaban J connectivity index is 2.61. The third kappa shape index (κ3) is 6.70. The molecular weight excluding hydrogens is 303 g/mol. The van der Waals surface area contributed by atoms with Gasteiger partial charge in [0, 0.05) is 20.7 Å². The van der Waals surface area contributed by atoms with Crippen molar-refractivity contribution in [1.29, 1.82) is 0 Å². The number of rotatable bonds is 9. The maximum absolute atomic E-state index is 8.87. The number of ether oxygens (including phenoxy) is 3. The van der Waals surface area contributed by atoms with E-state index in [2.05, 4.69) is 19.6 Å². The highest BCUT2D eigenvalue weighted by Gasteiger charge is 2.17. The number of hydrogen-bond acceptors (Lipinski definition) is 6. The van der Waals surface area contributed by atoms with Gasteiger partial charge in [-0.15, -0.1) is 0 Å². The average molecular weight is 328 g/mol. The molecule has 0 aromatic heterocycles. The van der Waals surface area contributed by atoms with Crippen LogP contribution in [0.1, 0.15) is 5.56 Å². The van der Waals surface area contributed by atoms with Crippen molar-refractivity contribution in [3.05, 3.63) is 17.7 Å². The van der Waals surface area contributed by atoms with Gasteiger partial charge in [0.25, 0.3) is 0 Å². The number of benzene rings is 1. The van der Waals surface area contributed by atoms with Gasteiger partial charge in [0.05, 0.1) is 7.11 Å². The van der Waals surface area contributed by atoms with E-state index in [1.165, 1.54) is 7.11 Å². The van der Waals surface area contributed by atoms with Gasteiger partial charge in [-0.1, -0.05) is 19.6 Å². The van der Waals surface area contributed by atoms with Gasteiger partial charge in [0.1, 0.15) is 5.75 Å². The van der Waals surface area contributed by atoms with Crippen molar-refractivity contribution in [1.82, 2.24) is 0 Å². The smallest absolute Gasteiger partial charge is 0.512 e. The molecule has 0 aliphatic carbocycles. The summed E-state index contributed by atoms with van der Waals surface area (Å²) < 4.78 is 21.2. The van der Waals surface area contributed by atoms with Crippen molar-refractivity contribution in [2.75, 3.05) is 20.5 Å². The fraction of sp³-hybridized carbons (Fsp3) is 0.571. The van der Waals surface area contributed by atoms with Crippen LogP contribution in [0, 0.1) is 6.92 Å². The molecule has 0 radical (unpaired) electrons. The van der Waals surface area contributed by atoms with E-state index in [4.69, 9.17) is 28.9 Å². The standard InChI is InChI=1S/C14H25BO6Si/c1-11-8-14(20-10-19-6-7-22(3,4)5)13(18-2)9-12(11)21-15(16)17/h8-9,16-17H,6-7,10H2,1-5H3. The lowest BCUT2D eigenvalue weighted by Gasteiger charge is -2.17. The molecule has 124 valence electrons. The maximum atomic E-state index is 8.87. The first-order valence-corrected chi connectivity index (χ1v) is 10.9. The number of methoxy groups -OCH3 is 1. The molecule has 0 unspecified atom stereocenters. The number of aryl methyl sites for hydroxylation is 1. The molecule has 1 aromatic rings. The Morgan fingerprint density at radius 3 is 2.32 bits per heavy atom. The minimum atomic E-state index is -1.87. The maximum Gasteiger partial charge on any atom is 0.707 e. The van der Waals surface area contributed by atoms with Crippen LogP contribution in [0.3, 0.4) is 0 Å². The molecule has 0 bridgehead atoms. The minimum Gasteiger partial charge on any atom is -0.512 e. The monoisotopic (exact) mass is 328 g/mol. The third-order valence-electron chi connectivity index (χ3n) is 2.99. The summed E-state index contributed by atoms with van der Waals surface area (Å²) in [4.78, 5) is 0. The molecule has 0 aliphatic rings. The Bertz CT molecular complexity index is 475. The van der Waals surface area contributed by atoms with Crippen molar-refractivity contribution < 1.29 is 28.9 Å². The van der Waals surface area contributed by atoms with Crippen molar-refractivity contribution in [2.24, 2.45) is 0 Å². The van der Waals surface area contributed by atoms with E-state index in [0.29, 0.717) is 29.4 Å². The lowest BCUT2D eigenvalue weighted by Crippen LogP contribution is -2.22. The molecule has 6 nitrogen and oxygen atoms in total. The van der Waals surface area contributed by atoms with Crippen LogP contribution in [0.25, 0.3) is 0 Å². The second-order valence-corrected chi connectivity index (χ2v) is 11.8. The second-order valence-electron chi connectivity index (χ2n) is 6.19. The zero-order valence-corrected chi connectivity index (χ0v) is 14.9. The lowest BCUT2D eigenvalue weighted by atomic mass is 10.1. The summed E-state index contributed by atoms with van der Waals surface area (Å²) in [6.45, 7) is 9.46. The van der Waals surface area contributed by atoms with Crippen LogP contribution in [-0.2, 0) is 4.74 Å². The highest BCUT2D eigenvalue weighted by Crippen LogP contribution is 2.34. The molecular formula is C14H25BO6Si. The van der Waals surface area contributed by atoms with Gasteiger partial charge < -0.3 is 28.9 Å². The van der Waals surface area contributed by atoms with Crippen molar-refractivity contribution in [3.63, 3.8) is 0 Å². The first kappa shape index (κ1) is 18.8. The summed E-state index contributed by atoms with van der Waals surface area (Å²) in [6, 6.07) is 4.33. The van der Waals surface area contributed by atoms with E-state index in [1.807, 2.05) is 0 Å². The fourth-order valence-electron chi connectivity index (χ4n) is 1.70. The highest BCUT2D eigenvalue weighted by molar-refractivity contribution is 6.76. The van der Waals surface area contributed by atoms with E-state index in [9.17, 15) is 0 Å². The third-order valence-corrected chi connectivity index (χ3v) is 4.69. The molecule has 2 N–H and O–H groups in total. The molecule has 1 aromatic carbocycles. The molecule has 0 saturated heterocycles. The topological polar surface area (TPSA) is 77.4 Å². The molecule has 8 heteroatoms. The van der Waals surface area contributed by atoms with Crippen LogP contribution < -0.4 is 14.1 Å². The molecule has 0 fully saturated rings. The van der Waals surface area contributed by atoms with E-state index >= 15 is 0 Å². The minimum absolute atomic E-state index is 0.142. The molecule has 1 rings (SSSR count). The Morgan fingerprint density at radius 1 is 1.09 bits per heavy atom. The zero-order valence-electron chi connectivity index (χ0n) is 13.9. The van der Waals surface area contributed by atoms with Crippen LogP contribution in [-0.4, -0.2) is 46.0 Å². The van der Waals surface area contributed by atoms with E-state index in [1.54, 1.807) is 19.1 Å². The van der Waals surface area contributed by atoms with Crippen LogP contribution in [0.5, 0.6) is 17.2 Å². The molecule has 22 heavy (non-hydrogen) atoms. The predicted molar refractivity (Wildman–Crippen MR) is 88.2 cm³/mol. The molecule has 0 atom stereocenters. The summed E-state index contributed by atoms with van der Waals surface area (Å²) in [5.74, 6) is 1.28. The largest absolute Gasteiger partial charge is 0.707 e. The molecule has 0 heterocycles. The van der Waals surface area contributed by atoms with Gasteiger partial charge in [0.2, 0.25) is 0 Å². The highest BCUT2D eigenvalue weighted by atomic mass is 28.3. The predicted octanol–water partition coefficient (Wildman–Crippen LogP) is 2.04. The van der Waals surface area contributed by atoms with Gasteiger partial charge >= 0.3 is 7.32 Å². The number of hydrogen-bond donors (Lipinski definition) is 2. The quantitative estimate of drug-likeness (QED) is 0.410. The van der Waals surface area contributed by atoms with Gasteiger partial charge in [0.15, 0.2) is 18.3 Å². The summed E-state index contributed by atoms with van der Waals surface area (Å²) in [6.07, 6.45) is 0. The molecule has 0 saturated carbocycles. The van der Waals surface area contributed by atoms with Gasteiger partial charge in [-0.05, 0) is 24.6 Å². The average Bonchev–Trinajstić information content (AvgIpc) is 2.39. The Hall–Kier alpha value is -1.22.